The van der Waals surface area contributed by atoms with Crippen molar-refractivity contribution in [1.82, 2.24) is 24.8 Å². The van der Waals surface area contributed by atoms with Crippen molar-refractivity contribution in [2.75, 3.05) is 42.6 Å². The Morgan fingerprint density at radius 3 is 1.83 bits per heavy atom. The third kappa shape index (κ3) is 12.1. The molecule has 4 aromatic rings. The Bertz CT molecular complexity index is 1950. The van der Waals surface area contributed by atoms with E-state index >= 15 is 0 Å². The van der Waals surface area contributed by atoms with E-state index in [0.29, 0.717) is 43.7 Å². The number of anilines is 2. The molecule has 3 heterocycles. The van der Waals surface area contributed by atoms with Crippen LogP contribution in [0.2, 0.25) is 0 Å². The van der Waals surface area contributed by atoms with Gasteiger partial charge >= 0.3 is 18.2 Å². The van der Waals surface area contributed by atoms with Gasteiger partial charge in [-0.05, 0) is 69.8 Å². The topological polar surface area (TPSA) is 149 Å². The second-order valence-corrected chi connectivity index (χ2v) is 19.2. The Labute approximate surface area is 343 Å². The summed E-state index contributed by atoms with van der Waals surface area (Å²) in [5.74, 6) is 0.455. The minimum atomic E-state index is -1.68. The zero-order chi connectivity index (χ0) is 42.3. The molecule has 5 rings (SSSR count). The predicted octanol–water partition coefficient (Wildman–Crippen LogP) is 5.93. The van der Waals surface area contributed by atoms with Gasteiger partial charge in [0.15, 0.2) is 0 Å². The van der Waals surface area contributed by atoms with E-state index in [2.05, 4.69) is 86.9 Å². The lowest BCUT2D eigenvalue weighted by Crippen LogP contribution is -2.58. The van der Waals surface area contributed by atoms with E-state index < -0.39 is 38.4 Å². The Morgan fingerprint density at radius 1 is 0.741 bits per heavy atom. The van der Waals surface area contributed by atoms with Crippen LogP contribution in [0.4, 0.5) is 21.5 Å². The fourth-order valence-corrected chi connectivity index (χ4v) is 8.06. The molecule has 15 heteroatoms. The minimum absolute atomic E-state index is 0.0176. The molecule has 0 aliphatic carbocycles. The molecule has 1 fully saturated rings. The van der Waals surface area contributed by atoms with E-state index in [-0.39, 0.29) is 30.2 Å². The van der Waals surface area contributed by atoms with E-state index in [1.54, 1.807) is 60.9 Å². The maximum atomic E-state index is 13.1. The van der Waals surface area contributed by atoms with Gasteiger partial charge in [-0.2, -0.15) is 0 Å². The average Bonchev–Trinajstić information content (AvgIpc) is 3.16. The number of aromatic nitrogens is 4. The number of esters is 1. The summed E-state index contributed by atoms with van der Waals surface area (Å²) < 4.78 is 23.1. The number of hydrogen-bond acceptors (Lipinski definition) is 13. The molecule has 2 aromatic heterocycles. The van der Waals surface area contributed by atoms with Crippen molar-refractivity contribution in [1.29, 1.82) is 0 Å². The van der Waals surface area contributed by atoms with Crippen LogP contribution in [0, 0.1) is 0 Å². The monoisotopic (exact) mass is 810 g/mol. The van der Waals surface area contributed by atoms with Gasteiger partial charge in [-0.3, -0.25) is 0 Å². The molecule has 0 saturated carbocycles. The molecule has 58 heavy (non-hydrogen) atoms. The van der Waals surface area contributed by atoms with Gasteiger partial charge in [0.05, 0.1) is 31.4 Å². The third-order valence-electron chi connectivity index (χ3n) is 8.90. The first-order chi connectivity index (χ1) is 27.3. The number of rotatable bonds is 11. The van der Waals surface area contributed by atoms with Gasteiger partial charge in [-0.25, -0.2) is 39.2 Å². The van der Waals surface area contributed by atoms with Crippen LogP contribution in [0.1, 0.15) is 90.7 Å². The molecule has 1 aliphatic rings. The van der Waals surface area contributed by atoms with Crippen LogP contribution in [0.25, 0.3) is 0 Å². The second-order valence-electron chi connectivity index (χ2n) is 17.1. The van der Waals surface area contributed by atoms with Crippen LogP contribution in [-0.2, 0) is 30.6 Å². The van der Waals surface area contributed by atoms with Gasteiger partial charge in [0.1, 0.15) is 11.2 Å². The maximum absolute atomic E-state index is 13.1. The molecule has 309 valence electrons. The summed E-state index contributed by atoms with van der Waals surface area (Å²) in [5, 5.41) is 2.25. The Kier molecular flexibility index (Phi) is 13.9. The number of amides is 2. The van der Waals surface area contributed by atoms with Crippen LogP contribution in [0.3, 0.4) is 0 Å². The molecule has 1 saturated heterocycles. The average molecular weight is 811 g/mol. The molecule has 0 unspecified atom stereocenters. The first kappa shape index (κ1) is 43.7. The van der Waals surface area contributed by atoms with Crippen molar-refractivity contribution < 1.29 is 33.0 Å². The summed E-state index contributed by atoms with van der Waals surface area (Å²) >= 11 is 0. The van der Waals surface area contributed by atoms with Gasteiger partial charge < -0.3 is 28.4 Å². The van der Waals surface area contributed by atoms with Gasteiger partial charge in [0, 0.05) is 50.0 Å². The largest absolute Gasteiger partial charge is 0.462 e. The summed E-state index contributed by atoms with van der Waals surface area (Å²) in [6, 6.07) is 18.7. The summed E-state index contributed by atoms with van der Waals surface area (Å²) in [7, 11) is -1.68. The van der Waals surface area contributed by atoms with Crippen molar-refractivity contribution in [2.45, 2.75) is 98.4 Å². The molecule has 1 radical (unpaired) electrons. The predicted molar refractivity (Wildman–Crippen MR) is 224 cm³/mol. The Hall–Kier alpha value is -5.41. The van der Waals surface area contributed by atoms with Crippen LogP contribution in [0.15, 0.2) is 79.4 Å². The van der Waals surface area contributed by atoms with Crippen LogP contribution < -0.4 is 20.2 Å². The van der Waals surface area contributed by atoms with Crippen LogP contribution in [-0.4, -0.2) is 102 Å². The second kappa shape index (κ2) is 18.5. The van der Waals surface area contributed by atoms with Crippen molar-refractivity contribution in [3.05, 3.63) is 96.1 Å². The third-order valence-corrected chi connectivity index (χ3v) is 11.1. The Balaban J connectivity index is 1.40. The molecule has 2 aromatic carbocycles. The highest BCUT2D eigenvalue weighted by molar-refractivity contribution is 6.80. The molecule has 0 N–H and O–H groups in total. The number of nitrogens with zero attached hydrogens (tertiary/aromatic N) is 7. The number of carbonyl (C=O) groups is 3. The quantitative estimate of drug-likeness (QED) is 0.100. The lowest BCUT2D eigenvalue weighted by molar-refractivity contribution is -0.000323. The standard InChI is InChI=1S/C43H56N7O7Si/c1-11-54-36(51)31-25-46-38(47-26-31)49-22-21-48(37-44-23-30(24-45-37)27-50(39(52)56-42(5,6)7)40(53)57-43(8,9)10)28-33(49)29-55-58(34-15-13-12-14-16-34)35-19-17-32(18-20-35)41(2,3)4/h12-20,23-26,33H,11,21-22,27-29H2,1-10H3/t33-/m1/s1. The zero-order valence-electron chi connectivity index (χ0n) is 35.3. The number of ether oxygens (including phenoxy) is 3. The molecule has 1 atom stereocenters. The van der Waals surface area contributed by atoms with E-state index in [9.17, 15) is 14.4 Å². The number of imide groups is 1. The normalized spacial score (nSPS) is 14.9. The number of benzene rings is 2. The molecule has 1 aliphatic heterocycles. The molecule has 0 bridgehead atoms. The fourth-order valence-electron chi connectivity index (χ4n) is 6.07. The van der Waals surface area contributed by atoms with Crippen LogP contribution in [0.5, 0.6) is 0 Å². The number of carbonyl (C=O) groups excluding carboxylic acids is 3. The SMILES string of the molecule is CCOC(=O)c1cnc(N2CCN(c3ncc(CN(C(=O)OC(C)(C)C)C(=O)OC(C)(C)C)cn3)C[C@@H]2CO[Si](c2ccccc2)c2ccc(C(C)(C)C)cc2)nc1. The smallest absolute Gasteiger partial charge is 0.420 e. The lowest BCUT2D eigenvalue weighted by atomic mass is 9.87. The highest BCUT2D eigenvalue weighted by atomic mass is 28.3. The fraction of sp³-hybridized carbons (Fsp3) is 0.465. The van der Waals surface area contributed by atoms with Gasteiger partial charge in [-0.15, -0.1) is 0 Å². The van der Waals surface area contributed by atoms with Gasteiger partial charge in [0.2, 0.25) is 11.9 Å². The van der Waals surface area contributed by atoms with E-state index in [1.165, 1.54) is 18.0 Å². The van der Waals surface area contributed by atoms with Crippen molar-refractivity contribution in [3.8, 4) is 0 Å². The number of piperazine rings is 1. The van der Waals surface area contributed by atoms with E-state index in [1.807, 2.05) is 18.2 Å². The van der Waals surface area contributed by atoms with Crippen molar-refractivity contribution in [3.63, 3.8) is 0 Å². The zero-order valence-corrected chi connectivity index (χ0v) is 36.3. The van der Waals surface area contributed by atoms with Gasteiger partial charge in [0.25, 0.3) is 9.04 Å². The van der Waals surface area contributed by atoms with E-state index in [0.717, 1.165) is 15.3 Å². The summed E-state index contributed by atoms with van der Waals surface area (Å²) in [6.07, 6.45) is 4.50. The summed E-state index contributed by atoms with van der Waals surface area (Å²) in [6.45, 7) is 20.7. The molecular weight excluding hydrogens is 755 g/mol. The lowest BCUT2D eigenvalue weighted by Gasteiger charge is -2.41. The maximum Gasteiger partial charge on any atom is 0.420 e. The van der Waals surface area contributed by atoms with Gasteiger partial charge in [-0.1, -0.05) is 75.4 Å². The molecule has 2 amide bonds. The summed E-state index contributed by atoms with van der Waals surface area (Å²) in [4.78, 5) is 62.2. The van der Waals surface area contributed by atoms with E-state index in [4.69, 9.17) is 18.6 Å². The van der Waals surface area contributed by atoms with Crippen molar-refractivity contribution >= 4 is 49.5 Å². The minimum Gasteiger partial charge on any atom is -0.462 e. The molecular formula is C43H56N7O7Si. The first-order valence-corrected chi connectivity index (χ1v) is 20.9. The van der Waals surface area contributed by atoms with Crippen LogP contribution >= 0.6 is 0 Å². The molecule has 0 spiro atoms. The highest BCUT2D eigenvalue weighted by Gasteiger charge is 2.34. The van der Waals surface area contributed by atoms with Crippen molar-refractivity contribution in [2.24, 2.45) is 0 Å². The summed E-state index contributed by atoms with van der Waals surface area (Å²) in [5.41, 5.74) is 0.403. The first-order valence-electron chi connectivity index (χ1n) is 19.5. The highest BCUT2D eigenvalue weighted by Crippen LogP contribution is 2.23. The number of hydrogen-bond donors (Lipinski definition) is 0. The molecule has 14 nitrogen and oxygen atoms in total. The Morgan fingerprint density at radius 2 is 1.29 bits per heavy atom.